The van der Waals surface area contributed by atoms with E-state index in [0.717, 1.165) is 18.1 Å². The average Bonchev–Trinajstić information content (AvgIpc) is 2.85. The van der Waals surface area contributed by atoms with Crippen molar-refractivity contribution >= 4 is 17.8 Å². The van der Waals surface area contributed by atoms with Gasteiger partial charge in [-0.05, 0) is 48.1 Å². The number of amides is 2. The molecule has 0 fully saturated rings. The van der Waals surface area contributed by atoms with Crippen LogP contribution in [0, 0.1) is 11.6 Å². The number of alkyl halides is 3. The van der Waals surface area contributed by atoms with Crippen molar-refractivity contribution in [2.75, 3.05) is 13.1 Å². The van der Waals surface area contributed by atoms with Crippen molar-refractivity contribution in [3.8, 4) is 0 Å². The van der Waals surface area contributed by atoms with Gasteiger partial charge in [0, 0.05) is 39.0 Å². The third-order valence-corrected chi connectivity index (χ3v) is 5.47. The minimum absolute atomic E-state index is 0.0697. The van der Waals surface area contributed by atoms with Crippen molar-refractivity contribution in [2.24, 2.45) is 0 Å². The van der Waals surface area contributed by atoms with Gasteiger partial charge in [0.05, 0.1) is 12.1 Å². The van der Waals surface area contributed by atoms with Gasteiger partial charge < -0.3 is 26.2 Å². The Labute approximate surface area is 229 Å². The largest absolute Gasteiger partial charge is 0.490 e. The van der Waals surface area contributed by atoms with Crippen molar-refractivity contribution in [2.45, 2.75) is 64.4 Å². The van der Waals surface area contributed by atoms with Crippen LogP contribution in [-0.2, 0) is 33.8 Å². The molecule has 0 spiro atoms. The SMILES string of the molecule is CCc1cccc(CNC[C@@H](O)[C@H](Cc2cc(F)cc(F)c2)NC(=O)CCCNC(C)=O)c1.O=C(O)C(F)(F)F. The smallest absolute Gasteiger partial charge is 0.475 e. The fourth-order valence-electron chi connectivity index (χ4n) is 3.52. The van der Waals surface area contributed by atoms with Gasteiger partial charge in [0.15, 0.2) is 0 Å². The van der Waals surface area contributed by atoms with E-state index in [1.807, 2.05) is 18.2 Å². The normalized spacial score (nSPS) is 12.5. The minimum Gasteiger partial charge on any atom is -0.475 e. The lowest BCUT2D eigenvalue weighted by Crippen LogP contribution is -2.48. The number of benzene rings is 2. The molecule has 0 aliphatic heterocycles. The summed E-state index contributed by atoms with van der Waals surface area (Å²) in [6, 6.07) is 10.5. The molecule has 2 aromatic rings. The van der Waals surface area contributed by atoms with E-state index in [4.69, 9.17) is 9.90 Å². The summed E-state index contributed by atoms with van der Waals surface area (Å²) in [7, 11) is 0. The predicted octanol–water partition coefficient (Wildman–Crippen LogP) is 3.25. The second-order valence-electron chi connectivity index (χ2n) is 8.92. The Hall–Kier alpha value is -3.58. The molecule has 8 nitrogen and oxygen atoms in total. The van der Waals surface area contributed by atoms with Crippen molar-refractivity contribution in [3.63, 3.8) is 0 Å². The number of carboxylic acids is 1. The van der Waals surface area contributed by atoms with Crippen LogP contribution in [0.2, 0.25) is 0 Å². The van der Waals surface area contributed by atoms with E-state index in [1.54, 1.807) is 0 Å². The molecule has 2 rings (SSSR count). The molecule has 0 bridgehead atoms. The van der Waals surface area contributed by atoms with E-state index < -0.39 is 35.9 Å². The summed E-state index contributed by atoms with van der Waals surface area (Å²) in [6.07, 6.45) is -4.48. The van der Waals surface area contributed by atoms with Gasteiger partial charge in [0.2, 0.25) is 11.8 Å². The van der Waals surface area contributed by atoms with Crippen LogP contribution in [0.25, 0.3) is 0 Å². The molecule has 222 valence electrons. The van der Waals surface area contributed by atoms with Gasteiger partial charge in [-0.3, -0.25) is 9.59 Å². The maximum Gasteiger partial charge on any atom is 0.490 e. The molecule has 0 aliphatic rings. The number of aliphatic hydroxyl groups is 1. The first-order valence-electron chi connectivity index (χ1n) is 12.5. The van der Waals surface area contributed by atoms with Crippen LogP contribution in [0.15, 0.2) is 42.5 Å². The maximum absolute atomic E-state index is 13.6. The molecular formula is C27H34F5N3O5. The van der Waals surface area contributed by atoms with Crippen LogP contribution in [-0.4, -0.2) is 59.4 Å². The number of hydrogen-bond acceptors (Lipinski definition) is 5. The van der Waals surface area contributed by atoms with E-state index in [0.29, 0.717) is 25.1 Å². The third-order valence-electron chi connectivity index (χ3n) is 5.47. The highest BCUT2D eigenvalue weighted by molar-refractivity contribution is 5.76. The van der Waals surface area contributed by atoms with Gasteiger partial charge >= 0.3 is 12.1 Å². The molecule has 0 heterocycles. The van der Waals surface area contributed by atoms with E-state index in [-0.39, 0.29) is 31.2 Å². The van der Waals surface area contributed by atoms with E-state index in [2.05, 4.69) is 28.9 Å². The number of nitrogens with one attached hydrogen (secondary N) is 3. The van der Waals surface area contributed by atoms with Crippen LogP contribution >= 0.6 is 0 Å². The molecule has 0 radical (unpaired) electrons. The lowest BCUT2D eigenvalue weighted by molar-refractivity contribution is -0.192. The van der Waals surface area contributed by atoms with Crippen LogP contribution in [0.3, 0.4) is 0 Å². The van der Waals surface area contributed by atoms with Crippen molar-refractivity contribution < 1.29 is 46.5 Å². The quantitative estimate of drug-likeness (QED) is 0.184. The second kappa shape index (κ2) is 17.2. The Bertz CT molecular complexity index is 1090. The van der Waals surface area contributed by atoms with Crippen LogP contribution in [0.5, 0.6) is 0 Å². The topological polar surface area (TPSA) is 128 Å². The summed E-state index contributed by atoms with van der Waals surface area (Å²) in [5.41, 5.74) is 2.63. The van der Waals surface area contributed by atoms with Crippen LogP contribution in [0.4, 0.5) is 22.0 Å². The fourth-order valence-corrected chi connectivity index (χ4v) is 3.52. The third kappa shape index (κ3) is 14.5. The molecule has 0 unspecified atom stereocenters. The Kier molecular flexibility index (Phi) is 14.8. The molecule has 5 N–H and O–H groups in total. The first-order valence-corrected chi connectivity index (χ1v) is 12.5. The standard InChI is InChI=1S/C25H33F2N3O3.C2HF3O2/c1-3-18-6-4-7-19(10-18)15-28-16-24(32)23(13-20-11-21(26)14-22(27)12-20)30-25(33)8-5-9-29-17(2)31;3-2(4,5)1(6)7/h4,6-7,10-12,14,23-24,28,32H,3,5,8-9,13,15-16H2,1-2H3,(H,29,31)(H,30,33);(H,6,7)/t23-,24+;/m0./s1. The Morgan fingerprint density at radius 2 is 1.57 bits per heavy atom. The number of rotatable bonds is 13. The van der Waals surface area contributed by atoms with Crippen molar-refractivity contribution in [3.05, 3.63) is 70.8 Å². The van der Waals surface area contributed by atoms with E-state index >= 15 is 0 Å². The number of carbonyl (C=O) groups excluding carboxylic acids is 2. The monoisotopic (exact) mass is 575 g/mol. The molecule has 2 atom stereocenters. The minimum atomic E-state index is -5.08. The van der Waals surface area contributed by atoms with Crippen LogP contribution < -0.4 is 16.0 Å². The second-order valence-corrected chi connectivity index (χ2v) is 8.92. The summed E-state index contributed by atoms with van der Waals surface area (Å²) in [6.45, 7) is 4.57. The lowest BCUT2D eigenvalue weighted by atomic mass is 10.00. The first kappa shape index (κ1) is 34.4. The molecule has 2 aromatic carbocycles. The number of carboxylic acid groups (broad SMARTS) is 1. The molecular weight excluding hydrogens is 541 g/mol. The molecule has 0 saturated heterocycles. The number of aliphatic hydroxyl groups excluding tert-OH is 1. The Balaban J connectivity index is 0.00000101. The summed E-state index contributed by atoms with van der Waals surface area (Å²) >= 11 is 0. The highest BCUT2D eigenvalue weighted by Gasteiger charge is 2.38. The van der Waals surface area contributed by atoms with Gasteiger partial charge in [-0.15, -0.1) is 0 Å². The van der Waals surface area contributed by atoms with Crippen LogP contribution in [0.1, 0.15) is 43.4 Å². The average molecular weight is 576 g/mol. The first-order chi connectivity index (χ1) is 18.7. The van der Waals surface area contributed by atoms with E-state index in [9.17, 15) is 36.6 Å². The fraction of sp³-hybridized carbons (Fsp3) is 0.444. The Morgan fingerprint density at radius 3 is 2.12 bits per heavy atom. The summed E-state index contributed by atoms with van der Waals surface area (Å²) < 4.78 is 59.0. The Morgan fingerprint density at radius 1 is 0.975 bits per heavy atom. The summed E-state index contributed by atoms with van der Waals surface area (Å²) in [5, 5.41) is 26.5. The number of aliphatic carboxylic acids is 1. The molecule has 13 heteroatoms. The van der Waals surface area contributed by atoms with E-state index in [1.165, 1.54) is 24.6 Å². The molecule has 0 aliphatic carbocycles. The zero-order valence-corrected chi connectivity index (χ0v) is 22.2. The van der Waals surface area contributed by atoms with Crippen molar-refractivity contribution in [1.29, 1.82) is 0 Å². The number of aryl methyl sites for hydroxylation is 1. The van der Waals surface area contributed by atoms with Gasteiger partial charge in [0.1, 0.15) is 11.6 Å². The number of hydrogen-bond donors (Lipinski definition) is 5. The zero-order valence-electron chi connectivity index (χ0n) is 22.2. The zero-order chi connectivity index (χ0) is 30.3. The van der Waals surface area contributed by atoms with Crippen molar-refractivity contribution in [1.82, 2.24) is 16.0 Å². The van der Waals surface area contributed by atoms with Gasteiger partial charge in [-0.1, -0.05) is 31.2 Å². The summed E-state index contributed by atoms with van der Waals surface area (Å²) in [4.78, 5) is 32.2. The maximum atomic E-state index is 13.6. The number of halogens is 5. The molecule has 0 saturated carbocycles. The van der Waals surface area contributed by atoms with Gasteiger partial charge in [0.25, 0.3) is 0 Å². The van der Waals surface area contributed by atoms with Gasteiger partial charge in [-0.2, -0.15) is 13.2 Å². The highest BCUT2D eigenvalue weighted by atomic mass is 19.4. The molecule has 0 aromatic heterocycles. The molecule has 2 amide bonds. The number of carbonyl (C=O) groups is 3. The van der Waals surface area contributed by atoms with Gasteiger partial charge in [-0.25, -0.2) is 13.6 Å². The lowest BCUT2D eigenvalue weighted by Gasteiger charge is -2.25. The highest BCUT2D eigenvalue weighted by Crippen LogP contribution is 2.14. The predicted molar refractivity (Wildman–Crippen MR) is 137 cm³/mol. The molecule has 40 heavy (non-hydrogen) atoms. The summed E-state index contributed by atoms with van der Waals surface area (Å²) in [5.74, 6) is -4.67.